The molecule has 0 atom stereocenters. The van der Waals surface area contributed by atoms with Crippen molar-refractivity contribution in [2.75, 3.05) is 11.1 Å². The van der Waals surface area contributed by atoms with Crippen LogP contribution in [-0.4, -0.2) is 11.7 Å². The van der Waals surface area contributed by atoms with E-state index in [-0.39, 0.29) is 17.2 Å². The van der Waals surface area contributed by atoms with Crippen molar-refractivity contribution in [2.45, 2.75) is 13.1 Å². The highest BCUT2D eigenvalue weighted by atomic mass is 32.1. The second kappa shape index (κ2) is 4.78. The number of rotatable bonds is 2. The van der Waals surface area contributed by atoms with Crippen molar-refractivity contribution in [3.63, 3.8) is 0 Å². The first-order valence-corrected chi connectivity index (χ1v) is 5.06. The first-order valence-electron chi connectivity index (χ1n) is 4.43. The minimum absolute atomic E-state index is 0.0138. The fraction of sp³-hybridized carbons (Fsp3) is 0.300. The van der Waals surface area contributed by atoms with E-state index in [2.05, 4.69) is 17.9 Å². The molecule has 1 amide bonds. The van der Waals surface area contributed by atoms with Crippen molar-refractivity contribution in [3.8, 4) is 0 Å². The first kappa shape index (κ1) is 12.9. The van der Waals surface area contributed by atoms with Gasteiger partial charge in [0.05, 0.1) is 11.3 Å². The molecule has 0 aromatic heterocycles. The van der Waals surface area contributed by atoms with Crippen LogP contribution in [0, 0.1) is 6.92 Å². The number of anilines is 1. The van der Waals surface area contributed by atoms with E-state index >= 15 is 0 Å². The Morgan fingerprint density at radius 3 is 2.50 bits per heavy atom. The molecule has 0 unspecified atom stereocenters. The Hall–Kier alpha value is -1.17. The molecule has 1 N–H and O–H groups in total. The summed E-state index contributed by atoms with van der Waals surface area (Å²) in [6.45, 7) is 1.35. The molecule has 0 aliphatic heterocycles. The van der Waals surface area contributed by atoms with Crippen LogP contribution >= 0.6 is 12.6 Å². The molecule has 0 bridgehead atoms. The molecule has 0 saturated heterocycles. The predicted molar refractivity (Wildman–Crippen MR) is 58.7 cm³/mol. The van der Waals surface area contributed by atoms with Gasteiger partial charge in [-0.15, -0.1) is 0 Å². The van der Waals surface area contributed by atoms with Crippen LogP contribution in [0.25, 0.3) is 0 Å². The normalized spacial score (nSPS) is 11.3. The highest BCUT2D eigenvalue weighted by Crippen LogP contribution is 2.32. The van der Waals surface area contributed by atoms with Crippen molar-refractivity contribution >= 4 is 24.2 Å². The molecule has 0 spiro atoms. The summed E-state index contributed by atoms with van der Waals surface area (Å²) in [5, 5.41) is 2.43. The summed E-state index contributed by atoms with van der Waals surface area (Å²) in [5.74, 6) is -0.373. The molecule has 0 heterocycles. The number of thiol groups is 1. The van der Waals surface area contributed by atoms with Crippen molar-refractivity contribution < 1.29 is 18.0 Å². The van der Waals surface area contributed by atoms with E-state index < -0.39 is 11.7 Å². The Kier molecular flexibility index (Phi) is 3.85. The number of amides is 1. The van der Waals surface area contributed by atoms with Crippen molar-refractivity contribution in [3.05, 3.63) is 29.3 Å². The first-order chi connectivity index (χ1) is 7.34. The molecule has 6 heteroatoms. The van der Waals surface area contributed by atoms with E-state index in [1.54, 1.807) is 0 Å². The van der Waals surface area contributed by atoms with Gasteiger partial charge in [0.15, 0.2) is 0 Å². The number of hydrogen-bond donors (Lipinski definition) is 2. The zero-order chi connectivity index (χ0) is 12.3. The average molecular weight is 249 g/mol. The monoisotopic (exact) mass is 249 g/mol. The van der Waals surface area contributed by atoms with Crippen molar-refractivity contribution in [1.82, 2.24) is 0 Å². The molecule has 0 aliphatic rings. The van der Waals surface area contributed by atoms with Crippen LogP contribution in [0.15, 0.2) is 18.2 Å². The van der Waals surface area contributed by atoms with E-state index in [9.17, 15) is 18.0 Å². The van der Waals surface area contributed by atoms with E-state index in [1.807, 2.05) is 0 Å². The topological polar surface area (TPSA) is 29.1 Å². The van der Waals surface area contributed by atoms with Gasteiger partial charge in [-0.25, -0.2) is 0 Å². The quantitative estimate of drug-likeness (QED) is 0.775. The van der Waals surface area contributed by atoms with Gasteiger partial charge in [0, 0.05) is 5.69 Å². The van der Waals surface area contributed by atoms with E-state index in [1.165, 1.54) is 19.1 Å². The third-order valence-corrected chi connectivity index (χ3v) is 2.25. The molecule has 0 fully saturated rings. The minimum atomic E-state index is -4.36. The molecule has 0 aliphatic carbocycles. The van der Waals surface area contributed by atoms with Crippen LogP contribution < -0.4 is 5.32 Å². The van der Waals surface area contributed by atoms with Gasteiger partial charge < -0.3 is 5.32 Å². The smallest absolute Gasteiger partial charge is 0.325 e. The van der Waals surface area contributed by atoms with E-state index in [0.29, 0.717) is 5.69 Å². The summed E-state index contributed by atoms with van der Waals surface area (Å²) in [5.41, 5.74) is -0.287. The minimum Gasteiger partial charge on any atom is -0.325 e. The lowest BCUT2D eigenvalue weighted by molar-refractivity contribution is -0.138. The summed E-state index contributed by atoms with van der Waals surface area (Å²) in [6, 6.07) is 3.45. The van der Waals surface area contributed by atoms with Gasteiger partial charge in [0.25, 0.3) is 0 Å². The zero-order valence-corrected chi connectivity index (χ0v) is 9.32. The Morgan fingerprint density at radius 2 is 2.06 bits per heavy atom. The maximum absolute atomic E-state index is 12.4. The Balaban J connectivity index is 2.96. The molecule has 0 radical (unpaired) electrons. The summed E-state index contributed by atoms with van der Waals surface area (Å²) in [6.07, 6.45) is -4.36. The van der Waals surface area contributed by atoms with Crippen LogP contribution in [-0.2, 0) is 11.0 Å². The highest BCUT2D eigenvalue weighted by Gasteiger charge is 2.32. The molecule has 1 aromatic carbocycles. The maximum Gasteiger partial charge on any atom is 0.416 e. The molecule has 0 saturated carbocycles. The summed E-state index contributed by atoms with van der Waals surface area (Å²) >= 11 is 3.75. The highest BCUT2D eigenvalue weighted by molar-refractivity contribution is 7.81. The van der Waals surface area contributed by atoms with Gasteiger partial charge in [0.1, 0.15) is 0 Å². The van der Waals surface area contributed by atoms with Crippen LogP contribution in [0.1, 0.15) is 11.1 Å². The lowest BCUT2D eigenvalue weighted by atomic mass is 10.1. The van der Waals surface area contributed by atoms with Gasteiger partial charge in [0.2, 0.25) is 5.91 Å². The van der Waals surface area contributed by atoms with Gasteiger partial charge >= 0.3 is 6.18 Å². The SMILES string of the molecule is Cc1cc(NC(=O)CS)ccc1C(F)(F)F. The van der Waals surface area contributed by atoms with E-state index in [0.717, 1.165) is 6.07 Å². The second-order valence-corrected chi connectivity index (χ2v) is 3.55. The summed E-state index contributed by atoms with van der Waals surface area (Å²) in [4.78, 5) is 11.0. The fourth-order valence-electron chi connectivity index (χ4n) is 1.26. The second-order valence-electron chi connectivity index (χ2n) is 3.23. The molecular formula is C10H10F3NOS. The van der Waals surface area contributed by atoms with Gasteiger partial charge in [-0.2, -0.15) is 25.8 Å². The Labute approximate surface area is 96.3 Å². The average Bonchev–Trinajstić information content (AvgIpc) is 2.15. The lowest BCUT2D eigenvalue weighted by Crippen LogP contribution is -2.13. The van der Waals surface area contributed by atoms with Crippen molar-refractivity contribution in [2.24, 2.45) is 0 Å². The van der Waals surface area contributed by atoms with Gasteiger partial charge in [-0.05, 0) is 30.7 Å². The zero-order valence-electron chi connectivity index (χ0n) is 8.43. The van der Waals surface area contributed by atoms with Gasteiger partial charge in [-0.3, -0.25) is 4.79 Å². The van der Waals surface area contributed by atoms with Crippen LogP contribution in [0.3, 0.4) is 0 Å². The number of carbonyl (C=O) groups excluding carboxylic acids is 1. The molecular weight excluding hydrogens is 239 g/mol. The number of carbonyl (C=O) groups is 1. The number of hydrogen-bond acceptors (Lipinski definition) is 2. The number of nitrogens with one attached hydrogen (secondary N) is 1. The van der Waals surface area contributed by atoms with Crippen LogP contribution in [0.2, 0.25) is 0 Å². The standard InChI is InChI=1S/C10H10F3NOS/c1-6-4-7(14-9(15)5-16)2-3-8(6)10(11,12)13/h2-4,16H,5H2,1H3,(H,14,15). The molecule has 2 nitrogen and oxygen atoms in total. The van der Waals surface area contributed by atoms with Crippen LogP contribution in [0.4, 0.5) is 18.9 Å². The summed E-state index contributed by atoms with van der Waals surface area (Å²) < 4.78 is 37.2. The molecule has 1 aromatic rings. The lowest BCUT2D eigenvalue weighted by Gasteiger charge is -2.11. The third-order valence-electron chi connectivity index (χ3n) is 1.96. The number of halogens is 3. The number of benzene rings is 1. The molecule has 1 rings (SSSR count). The maximum atomic E-state index is 12.4. The number of aryl methyl sites for hydroxylation is 1. The van der Waals surface area contributed by atoms with Gasteiger partial charge in [-0.1, -0.05) is 0 Å². The Bertz CT molecular complexity index is 404. The molecule has 16 heavy (non-hydrogen) atoms. The molecule has 88 valence electrons. The van der Waals surface area contributed by atoms with Crippen molar-refractivity contribution in [1.29, 1.82) is 0 Å². The largest absolute Gasteiger partial charge is 0.416 e. The third kappa shape index (κ3) is 3.16. The summed E-state index contributed by atoms with van der Waals surface area (Å²) in [7, 11) is 0. The Morgan fingerprint density at radius 1 is 1.44 bits per heavy atom. The van der Waals surface area contributed by atoms with Crippen LogP contribution in [0.5, 0.6) is 0 Å². The predicted octanol–water partition coefficient (Wildman–Crippen LogP) is 2.88. The fourth-order valence-corrected chi connectivity index (χ4v) is 1.34. The number of alkyl halides is 3. The van der Waals surface area contributed by atoms with E-state index in [4.69, 9.17) is 0 Å².